The van der Waals surface area contributed by atoms with Crippen LogP contribution in [0.3, 0.4) is 0 Å². The van der Waals surface area contributed by atoms with Crippen molar-refractivity contribution < 1.29 is 22.7 Å². The lowest BCUT2D eigenvalue weighted by molar-refractivity contribution is -0.141. The van der Waals surface area contributed by atoms with E-state index in [0.29, 0.717) is 0 Å². The Bertz CT molecular complexity index is 732. The van der Waals surface area contributed by atoms with Gasteiger partial charge in [-0.2, -0.15) is 18.3 Å². The zero-order valence-corrected chi connectivity index (χ0v) is 12.7. The van der Waals surface area contributed by atoms with Crippen LogP contribution in [0.4, 0.5) is 19.0 Å². The van der Waals surface area contributed by atoms with E-state index in [1.807, 2.05) is 0 Å². The molecule has 1 N–H and O–H groups in total. The lowest BCUT2D eigenvalue weighted by atomic mass is 10.3. The number of methoxy groups -OCH3 is 1. The number of carbonyl (C=O) groups excluding carboxylic acids is 1. The van der Waals surface area contributed by atoms with Crippen LogP contribution in [0.15, 0.2) is 12.5 Å². The molecule has 0 aliphatic heterocycles. The monoisotopic (exact) mass is 349 g/mol. The summed E-state index contributed by atoms with van der Waals surface area (Å²) in [4.78, 5) is 19.5. The second-order valence-corrected chi connectivity index (χ2v) is 4.77. The minimum absolute atomic E-state index is 0.0313. The normalized spacial score (nSPS) is 11.4. The molecule has 0 unspecified atom stereocenters. The summed E-state index contributed by atoms with van der Waals surface area (Å²) in [6, 6.07) is 0. The van der Waals surface area contributed by atoms with Crippen LogP contribution in [0.5, 0.6) is 5.75 Å². The number of nitrogens with zero attached hydrogens (tertiary/aromatic N) is 4. The molecule has 2 heterocycles. The molecule has 23 heavy (non-hydrogen) atoms. The van der Waals surface area contributed by atoms with Crippen LogP contribution < -0.4 is 10.1 Å². The van der Waals surface area contributed by atoms with E-state index in [9.17, 15) is 18.0 Å². The summed E-state index contributed by atoms with van der Waals surface area (Å²) in [6.07, 6.45) is -2.17. The Morgan fingerprint density at radius 2 is 2.17 bits per heavy atom. The highest BCUT2D eigenvalue weighted by atomic mass is 35.5. The van der Waals surface area contributed by atoms with Gasteiger partial charge in [-0.05, 0) is 6.92 Å². The van der Waals surface area contributed by atoms with E-state index in [-0.39, 0.29) is 17.3 Å². The first kappa shape index (κ1) is 17.0. The molecule has 0 saturated heterocycles. The largest absolute Gasteiger partial charge is 0.491 e. The topological polar surface area (TPSA) is 81.9 Å². The molecule has 11 heteroatoms. The van der Waals surface area contributed by atoms with Gasteiger partial charge in [0.2, 0.25) is 5.91 Å². The van der Waals surface area contributed by atoms with Crippen molar-refractivity contribution in [1.82, 2.24) is 19.7 Å². The molecule has 2 rings (SSSR count). The minimum atomic E-state index is -4.69. The Labute approximate surface area is 133 Å². The summed E-state index contributed by atoms with van der Waals surface area (Å²) in [5.41, 5.74) is -1.20. The molecule has 2 aromatic rings. The van der Waals surface area contributed by atoms with E-state index in [2.05, 4.69) is 20.4 Å². The molecule has 1 amide bonds. The quantitative estimate of drug-likeness (QED) is 0.916. The van der Waals surface area contributed by atoms with Crippen LogP contribution in [0.1, 0.15) is 11.4 Å². The number of amides is 1. The van der Waals surface area contributed by atoms with Gasteiger partial charge in [0.05, 0.1) is 24.0 Å². The van der Waals surface area contributed by atoms with Gasteiger partial charge in [0.15, 0.2) is 17.3 Å². The van der Waals surface area contributed by atoms with E-state index >= 15 is 0 Å². The number of nitrogens with one attached hydrogen (secondary N) is 1. The predicted octanol–water partition coefficient (Wildman–Crippen LogP) is 2.30. The van der Waals surface area contributed by atoms with E-state index in [4.69, 9.17) is 16.3 Å². The maximum atomic E-state index is 12.7. The lowest BCUT2D eigenvalue weighted by Crippen LogP contribution is -2.21. The third-order valence-corrected chi connectivity index (χ3v) is 3.30. The van der Waals surface area contributed by atoms with E-state index in [1.54, 1.807) is 0 Å². The minimum Gasteiger partial charge on any atom is -0.491 e. The number of carbonyl (C=O) groups is 1. The van der Waals surface area contributed by atoms with Crippen molar-refractivity contribution >= 4 is 23.3 Å². The van der Waals surface area contributed by atoms with Gasteiger partial charge < -0.3 is 10.1 Å². The van der Waals surface area contributed by atoms with Gasteiger partial charge in [0.25, 0.3) is 0 Å². The van der Waals surface area contributed by atoms with Crippen molar-refractivity contribution in [3.8, 4) is 5.75 Å². The highest BCUT2D eigenvalue weighted by molar-refractivity contribution is 6.32. The molecule has 2 aromatic heterocycles. The van der Waals surface area contributed by atoms with Crippen molar-refractivity contribution in [3.63, 3.8) is 0 Å². The summed E-state index contributed by atoms with van der Waals surface area (Å²) >= 11 is 5.61. The second-order valence-electron chi connectivity index (χ2n) is 4.39. The molecule has 0 aliphatic carbocycles. The molecule has 0 saturated carbocycles. The van der Waals surface area contributed by atoms with Crippen LogP contribution in [0.25, 0.3) is 0 Å². The SMILES string of the molecule is COc1cncnc1NC(=O)Cn1nc(C(F)(F)F)c(Cl)c1C. The van der Waals surface area contributed by atoms with Gasteiger partial charge in [-0.3, -0.25) is 9.48 Å². The van der Waals surface area contributed by atoms with Crippen LogP contribution in [0.2, 0.25) is 5.02 Å². The summed E-state index contributed by atoms with van der Waals surface area (Å²) < 4.78 is 44.0. The Morgan fingerprint density at radius 3 is 2.74 bits per heavy atom. The molecule has 7 nitrogen and oxygen atoms in total. The van der Waals surface area contributed by atoms with Gasteiger partial charge in [-0.1, -0.05) is 11.6 Å². The average molecular weight is 350 g/mol. The summed E-state index contributed by atoms with van der Waals surface area (Å²) in [7, 11) is 1.36. The van der Waals surface area contributed by atoms with Crippen molar-refractivity contribution in [2.45, 2.75) is 19.6 Å². The van der Waals surface area contributed by atoms with Gasteiger partial charge in [-0.15, -0.1) is 0 Å². The highest BCUT2D eigenvalue weighted by Crippen LogP contribution is 2.35. The van der Waals surface area contributed by atoms with Crippen LogP contribution in [-0.4, -0.2) is 32.8 Å². The molecule has 124 valence electrons. The Balaban J connectivity index is 2.18. The highest BCUT2D eigenvalue weighted by Gasteiger charge is 2.38. The number of alkyl halides is 3. The van der Waals surface area contributed by atoms with Gasteiger partial charge in [0.1, 0.15) is 12.9 Å². The first-order valence-corrected chi connectivity index (χ1v) is 6.55. The van der Waals surface area contributed by atoms with E-state index in [0.717, 1.165) is 4.68 Å². The maximum Gasteiger partial charge on any atom is 0.436 e. The number of halogens is 4. The van der Waals surface area contributed by atoms with Crippen LogP contribution >= 0.6 is 11.6 Å². The number of anilines is 1. The average Bonchev–Trinajstić information content (AvgIpc) is 2.76. The zero-order valence-electron chi connectivity index (χ0n) is 12.0. The third-order valence-electron chi connectivity index (χ3n) is 2.85. The molecule has 0 aromatic carbocycles. The summed E-state index contributed by atoms with van der Waals surface area (Å²) in [5, 5.41) is 5.21. The molecule has 0 bridgehead atoms. The lowest BCUT2D eigenvalue weighted by Gasteiger charge is -2.09. The van der Waals surface area contributed by atoms with E-state index in [1.165, 1.54) is 26.6 Å². The van der Waals surface area contributed by atoms with Crippen LogP contribution in [0, 0.1) is 6.92 Å². The Morgan fingerprint density at radius 1 is 1.48 bits per heavy atom. The van der Waals surface area contributed by atoms with Gasteiger partial charge in [-0.25, -0.2) is 9.97 Å². The van der Waals surface area contributed by atoms with Crippen molar-refractivity contribution in [2.24, 2.45) is 0 Å². The molecule has 0 aliphatic rings. The molecular formula is C12H11ClF3N5O2. The molecule has 0 atom stereocenters. The third kappa shape index (κ3) is 3.70. The first-order chi connectivity index (χ1) is 10.7. The Hall–Kier alpha value is -2.36. The van der Waals surface area contributed by atoms with E-state index < -0.39 is 29.3 Å². The van der Waals surface area contributed by atoms with Crippen molar-refractivity contribution in [2.75, 3.05) is 12.4 Å². The number of ether oxygens (including phenoxy) is 1. The zero-order chi connectivity index (χ0) is 17.2. The smallest absolute Gasteiger partial charge is 0.436 e. The number of aromatic nitrogens is 4. The van der Waals surface area contributed by atoms with Gasteiger partial charge >= 0.3 is 6.18 Å². The number of rotatable bonds is 4. The van der Waals surface area contributed by atoms with Crippen LogP contribution in [-0.2, 0) is 17.5 Å². The molecule has 0 spiro atoms. The fourth-order valence-electron chi connectivity index (χ4n) is 1.73. The maximum absolute atomic E-state index is 12.7. The fraction of sp³-hybridized carbons (Fsp3) is 0.333. The molecular weight excluding hydrogens is 339 g/mol. The number of hydrogen-bond acceptors (Lipinski definition) is 5. The standard InChI is InChI=1S/C12H11ClF3N5O2/c1-6-9(13)10(12(14,15)16)20-21(6)4-8(22)19-11-7(23-2)3-17-5-18-11/h3,5H,4H2,1-2H3,(H,17,18,19,22). The molecule has 0 radical (unpaired) electrons. The Kier molecular flexibility index (Phi) is 4.73. The second kappa shape index (κ2) is 6.41. The van der Waals surface area contributed by atoms with Gasteiger partial charge in [0, 0.05) is 0 Å². The van der Waals surface area contributed by atoms with Crippen molar-refractivity contribution in [1.29, 1.82) is 0 Å². The fourth-order valence-corrected chi connectivity index (χ4v) is 1.97. The first-order valence-electron chi connectivity index (χ1n) is 6.18. The summed E-state index contributed by atoms with van der Waals surface area (Å²) in [5.74, 6) is -0.329. The van der Waals surface area contributed by atoms with Crippen molar-refractivity contribution in [3.05, 3.63) is 28.9 Å². The predicted molar refractivity (Wildman–Crippen MR) is 74.2 cm³/mol. The molecule has 0 fully saturated rings. The number of hydrogen-bond donors (Lipinski definition) is 1. The summed E-state index contributed by atoms with van der Waals surface area (Å²) in [6.45, 7) is 0.873.